The summed E-state index contributed by atoms with van der Waals surface area (Å²) in [5, 5.41) is 6.16. The third-order valence-corrected chi connectivity index (χ3v) is 3.30. The number of benzene rings is 1. The molecular formula is C12H9N3OS. The Balaban J connectivity index is 2.37. The Labute approximate surface area is 102 Å². The van der Waals surface area contributed by atoms with Crippen molar-refractivity contribution in [2.45, 2.75) is 6.92 Å². The van der Waals surface area contributed by atoms with E-state index in [2.05, 4.69) is 10.1 Å². The normalized spacial score (nSPS) is 10.9. The average molecular weight is 243 g/mol. The number of aromatic nitrogens is 3. The van der Waals surface area contributed by atoms with Crippen LogP contribution in [0, 0.1) is 0 Å². The Morgan fingerprint density at radius 3 is 2.88 bits per heavy atom. The fraction of sp³-hybridized carbons (Fsp3) is 0.0833. The minimum atomic E-state index is -0.0236. The Morgan fingerprint density at radius 2 is 2.18 bits per heavy atom. The van der Waals surface area contributed by atoms with Crippen LogP contribution < -0.4 is 0 Å². The quantitative estimate of drug-likeness (QED) is 0.650. The van der Waals surface area contributed by atoms with Gasteiger partial charge in [0.2, 0.25) is 0 Å². The van der Waals surface area contributed by atoms with E-state index >= 15 is 0 Å². The molecule has 0 aliphatic heterocycles. The molecule has 0 amide bonds. The zero-order chi connectivity index (χ0) is 11.8. The average Bonchev–Trinajstić information content (AvgIpc) is 2.95. The molecule has 0 N–H and O–H groups in total. The maximum atomic E-state index is 11.6. The molecule has 0 saturated carbocycles. The first-order chi connectivity index (χ1) is 8.27. The van der Waals surface area contributed by atoms with Crippen LogP contribution in [0.15, 0.2) is 36.0 Å². The number of Topliss-reactive ketones (excluding diaryl/α,β-unsaturated/α-hetero) is 1. The first-order valence-corrected chi connectivity index (χ1v) is 6.03. The summed E-state index contributed by atoms with van der Waals surface area (Å²) in [6, 6.07) is 7.71. The van der Waals surface area contributed by atoms with Gasteiger partial charge in [0.25, 0.3) is 0 Å². The fourth-order valence-corrected chi connectivity index (χ4v) is 2.40. The highest BCUT2D eigenvalue weighted by atomic mass is 32.1. The molecule has 3 rings (SSSR count). The Bertz CT molecular complexity index is 685. The molecule has 0 aliphatic rings. The van der Waals surface area contributed by atoms with Crippen molar-refractivity contribution in [1.82, 2.24) is 14.8 Å². The van der Waals surface area contributed by atoms with Crippen molar-refractivity contribution in [1.29, 1.82) is 0 Å². The first kappa shape index (κ1) is 10.2. The molecule has 0 aliphatic carbocycles. The van der Waals surface area contributed by atoms with Crippen LogP contribution in [0.4, 0.5) is 0 Å². The summed E-state index contributed by atoms with van der Waals surface area (Å²) < 4.78 is 1.77. The second-order valence-electron chi connectivity index (χ2n) is 3.67. The lowest BCUT2D eigenvalue weighted by Gasteiger charge is -1.96. The summed E-state index contributed by atoms with van der Waals surface area (Å²) in [7, 11) is 0. The second kappa shape index (κ2) is 3.78. The minimum Gasteiger partial charge on any atom is -0.293 e. The van der Waals surface area contributed by atoms with Gasteiger partial charge in [0.05, 0.1) is 17.2 Å². The lowest BCUT2D eigenvalue weighted by atomic mass is 10.2. The molecule has 2 heterocycles. The van der Waals surface area contributed by atoms with Gasteiger partial charge in [0.15, 0.2) is 5.78 Å². The van der Waals surface area contributed by atoms with Gasteiger partial charge in [0, 0.05) is 12.3 Å². The monoisotopic (exact) mass is 243 g/mol. The third kappa shape index (κ3) is 1.55. The molecule has 0 radical (unpaired) electrons. The number of para-hydroxylation sites is 1. The molecule has 0 fully saturated rings. The standard InChI is InChI=1S/C12H9N3OS/c1-8(16)12-9-4-2-3-5-10(9)15(14-12)11-6-13-7-17-11/h2-7H,1H3. The molecule has 0 bridgehead atoms. The second-order valence-corrected chi connectivity index (χ2v) is 4.54. The van der Waals surface area contributed by atoms with Crippen LogP contribution in [-0.4, -0.2) is 20.5 Å². The van der Waals surface area contributed by atoms with Gasteiger partial charge in [0.1, 0.15) is 10.7 Å². The lowest BCUT2D eigenvalue weighted by Crippen LogP contribution is -1.97. The number of hydrogen-bond acceptors (Lipinski definition) is 4. The molecule has 0 saturated heterocycles. The van der Waals surface area contributed by atoms with Gasteiger partial charge < -0.3 is 0 Å². The molecule has 0 spiro atoms. The number of carbonyl (C=O) groups excluding carboxylic acids is 1. The highest BCUT2D eigenvalue weighted by Gasteiger charge is 2.14. The molecule has 84 valence electrons. The summed E-state index contributed by atoms with van der Waals surface area (Å²) in [6.07, 6.45) is 1.74. The SMILES string of the molecule is CC(=O)c1nn(-c2cncs2)c2ccccc12. The summed E-state index contributed by atoms with van der Waals surface area (Å²) in [5.41, 5.74) is 3.19. The number of thiazole rings is 1. The zero-order valence-electron chi connectivity index (χ0n) is 9.12. The predicted octanol–water partition coefficient (Wildman–Crippen LogP) is 2.68. The van der Waals surface area contributed by atoms with Gasteiger partial charge in [-0.25, -0.2) is 4.68 Å². The van der Waals surface area contributed by atoms with E-state index in [4.69, 9.17) is 0 Å². The Hall–Kier alpha value is -2.01. The van der Waals surface area contributed by atoms with Crippen LogP contribution in [0.5, 0.6) is 0 Å². The van der Waals surface area contributed by atoms with Crippen LogP contribution in [0.1, 0.15) is 17.4 Å². The topological polar surface area (TPSA) is 47.8 Å². The van der Waals surface area contributed by atoms with Crippen LogP contribution in [0.3, 0.4) is 0 Å². The van der Waals surface area contributed by atoms with Crippen molar-refractivity contribution < 1.29 is 4.79 Å². The highest BCUT2D eigenvalue weighted by molar-refractivity contribution is 7.12. The molecule has 0 atom stereocenters. The van der Waals surface area contributed by atoms with E-state index in [-0.39, 0.29) is 5.78 Å². The van der Waals surface area contributed by atoms with Gasteiger partial charge in [-0.15, -0.1) is 11.3 Å². The van der Waals surface area contributed by atoms with Crippen LogP contribution >= 0.6 is 11.3 Å². The van der Waals surface area contributed by atoms with Crippen LogP contribution in [0.2, 0.25) is 0 Å². The number of rotatable bonds is 2. The highest BCUT2D eigenvalue weighted by Crippen LogP contribution is 2.23. The number of carbonyl (C=O) groups is 1. The number of hydrogen-bond donors (Lipinski definition) is 0. The van der Waals surface area contributed by atoms with E-state index in [0.29, 0.717) is 5.69 Å². The molecule has 0 unspecified atom stereocenters. The van der Waals surface area contributed by atoms with Gasteiger partial charge in [-0.1, -0.05) is 18.2 Å². The summed E-state index contributed by atoms with van der Waals surface area (Å²) in [4.78, 5) is 15.6. The Kier molecular flexibility index (Phi) is 2.26. The fourth-order valence-electron chi connectivity index (χ4n) is 1.81. The van der Waals surface area contributed by atoms with Crippen LogP contribution in [0.25, 0.3) is 15.9 Å². The number of fused-ring (bicyclic) bond motifs is 1. The number of nitrogens with zero attached hydrogens (tertiary/aromatic N) is 3. The minimum absolute atomic E-state index is 0.0236. The molecule has 1 aromatic carbocycles. The van der Waals surface area contributed by atoms with Gasteiger partial charge >= 0.3 is 0 Å². The summed E-state index contributed by atoms with van der Waals surface area (Å²) in [5.74, 6) is -0.0236. The van der Waals surface area contributed by atoms with Crippen molar-refractivity contribution in [2.75, 3.05) is 0 Å². The molecule has 4 nitrogen and oxygen atoms in total. The van der Waals surface area contributed by atoms with E-state index < -0.39 is 0 Å². The smallest absolute Gasteiger partial charge is 0.180 e. The molecule has 17 heavy (non-hydrogen) atoms. The van der Waals surface area contributed by atoms with Gasteiger partial charge in [-0.2, -0.15) is 5.10 Å². The summed E-state index contributed by atoms with van der Waals surface area (Å²) in [6.45, 7) is 1.53. The first-order valence-electron chi connectivity index (χ1n) is 5.15. The van der Waals surface area contributed by atoms with Crippen molar-refractivity contribution in [3.63, 3.8) is 0 Å². The van der Waals surface area contributed by atoms with Gasteiger partial charge in [-0.3, -0.25) is 9.78 Å². The maximum Gasteiger partial charge on any atom is 0.180 e. The third-order valence-electron chi connectivity index (χ3n) is 2.55. The van der Waals surface area contributed by atoms with Crippen molar-refractivity contribution in [3.05, 3.63) is 41.7 Å². The zero-order valence-corrected chi connectivity index (χ0v) is 9.94. The Morgan fingerprint density at radius 1 is 1.35 bits per heavy atom. The van der Waals surface area contributed by atoms with E-state index in [1.54, 1.807) is 16.4 Å². The molecule has 3 aromatic rings. The lowest BCUT2D eigenvalue weighted by molar-refractivity contribution is 0.101. The molecule has 2 aromatic heterocycles. The van der Waals surface area contributed by atoms with E-state index in [0.717, 1.165) is 15.9 Å². The maximum absolute atomic E-state index is 11.6. The van der Waals surface area contributed by atoms with E-state index in [9.17, 15) is 4.79 Å². The van der Waals surface area contributed by atoms with Gasteiger partial charge in [-0.05, 0) is 6.07 Å². The van der Waals surface area contributed by atoms with E-state index in [1.165, 1.54) is 18.3 Å². The largest absolute Gasteiger partial charge is 0.293 e. The number of ketones is 1. The van der Waals surface area contributed by atoms with Crippen molar-refractivity contribution in [2.24, 2.45) is 0 Å². The van der Waals surface area contributed by atoms with Crippen LogP contribution in [-0.2, 0) is 0 Å². The summed E-state index contributed by atoms with van der Waals surface area (Å²) >= 11 is 1.49. The molecular weight excluding hydrogens is 234 g/mol. The van der Waals surface area contributed by atoms with Crippen molar-refractivity contribution >= 4 is 28.0 Å². The van der Waals surface area contributed by atoms with Crippen molar-refractivity contribution in [3.8, 4) is 5.00 Å². The molecule has 5 heteroatoms. The predicted molar refractivity (Wildman–Crippen MR) is 66.7 cm³/mol. The van der Waals surface area contributed by atoms with E-state index in [1.807, 2.05) is 24.3 Å².